The fraction of sp³-hybridized carbons (Fsp3) is 1.00. The van der Waals surface area contributed by atoms with Gasteiger partial charge in [-0.3, -0.25) is 4.90 Å². The Hall–Kier alpha value is -0.130. The minimum absolute atomic E-state index is 0.328. The summed E-state index contributed by atoms with van der Waals surface area (Å²) in [5, 5.41) is 3.88. The highest BCUT2D eigenvalue weighted by Crippen LogP contribution is 2.40. The van der Waals surface area contributed by atoms with Crippen molar-refractivity contribution >= 4 is 9.84 Å². The van der Waals surface area contributed by atoms with E-state index in [0.717, 1.165) is 32.0 Å². The minimum Gasteiger partial charge on any atom is -0.308 e. The van der Waals surface area contributed by atoms with Crippen LogP contribution < -0.4 is 5.32 Å². The Kier molecular flexibility index (Phi) is 4.63. The van der Waals surface area contributed by atoms with E-state index < -0.39 is 9.84 Å². The van der Waals surface area contributed by atoms with Crippen molar-refractivity contribution in [2.45, 2.75) is 62.9 Å². The van der Waals surface area contributed by atoms with Crippen LogP contribution in [0.1, 0.15) is 51.4 Å². The summed E-state index contributed by atoms with van der Waals surface area (Å²) in [6.45, 7) is 3.21. The molecule has 3 rings (SSSR count). The first-order valence-electron chi connectivity index (χ1n) is 8.64. The number of hydrogen-bond acceptors (Lipinski definition) is 4. The standard InChI is InChI=1S/C16H30N2O2S/c1-21(19,20)11-5-10-18-13-16(8-3-2-4-9-16)17-12-15(18)14-6-7-14/h14-15,17H,2-13H2,1H3. The Bertz CT molecular complexity index is 453. The lowest BCUT2D eigenvalue weighted by Gasteiger charge is -2.50. The Morgan fingerprint density at radius 1 is 1.19 bits per heavy atom. The summed E-state index contributed by atoms with van der Waals surface area (Å²) < 4.78 is 22.7. The van der Waals surface area contributed by atoms with E-state index in [4.69, 9.17) is 0 Å². The van der Waals surface area contributed by atoms with Crippen molar-refractivity contribution in [1.82, 2.24) is 10.2 Å². The summed E-state index contributed by atoms with van der Waals surface area (Å²) in [7, 11) is -2.82. The second kappa shape index (κ2) is 6.17. The quantitative estimate of drug-likeness (QED) is 0.841. The van der Waals surface area contributed by atoms with Crippen molar-refractivity contribution in [3.8, 4) is 0 Å². The van der Waals surface area contributed by atoms with Crippen LogP contribution in [0.5, 0.6) is 0 Å². The highest BCUT2D eigenvalue weighted by atomic mass is 32.2. The summed E-state index contributed by atoms with van der Waals surface area (Å²) in [6, 6.07) is 0.650. The van der Waals surface area contributed by atoms with E-state index >= 15 is 0 Å². The first kappa shape index (κ1) is 15.8. The molecule has 1 heterocycles. The molecule has 0 aromatic heterocycles. The van der Waals surface area contributed by atoms with Crippen LogP contribution in [0.4, 0.5) is 0 Å². The Morgan fingerprint density at radius 3 is 2.52 bits per heavy atom. The summed E-state index contributed by atoms with van der Waals surface area (Å²) in [5.74, 6) is 1.19. The van der Waals surface area contributed by atoms with Crippen molar-refractivity contribution in [1.29, 1.82) is 0 Å². The smallest absolute Gasteiger partial charge is 0.147 e. The van der Waals surface area contributed by atoms with Gasteiger partial charge in [0.15, 0.2) is 0 Å². The molecule has 122 valence electrons. The summed E-state index contributed by atoms with van der Waals surface area (Å²) >= 11 is 0. The van der Waals surface area contributed by atoms with Crippen molar-refractivity contribution in [3.05, 3.63) is 0 Å². The molecule has 2 saturated carbocycles. The molecule has 0 bridgehead atoms. The van der Waals surface area contributed by atoms with E-state index in [2.05, 4.69) is 10.2 Å². The van der Waals surface area contributed by atoms with Gasteiger partial charge in [0.25, 0.3) is 0 Å². The summed E-state index contributed by atoms with van der Waals surface area (Å²) in [4.78, 5) is 2.63. The molecule has 2 aliphatic carbocycles. The van der Waals surface area contributed by atoms with E-state index in [1.54, 1.807) is 0 Å². The largest absolute Gasteiger partial charge is 0.308 e. The van der Waals surface area contributed by atoms with Crippen molar-refractivity contribution < 1.29 is 8.42 Å². The molecule has 0 radical (unpaired) electrons. The van der Waals surface area contributed by atoms with Gasteiger partial charge in [0, 0.05) is 30.9 Å². The number of piperazine rings is 1. The van der Waals surface area contributed by atoms with E-state index in [0.29, 0.717) is 17.3 Å². The van der Waals surface area contributed by atoms with Gasteiger partial charge in [0.1, 0.15) is 9.84 Å². The third-order valence-corrected chi connectivity index (χ3v) is 6.63. The normalized spacial score (nSPS) is 30.6. The number of hydrogen-bond donors (Lipinski definition) is 1. The highest BCUT2D eigenvalue weighted by molar-refractivity contribution is 7.90. The van der Waals surface area contributed by atoms with Crippen LogP contribution in [0.2, 0.25) is 0 Å². The zero-order valence-corrected chi connectivity index (χ0v) is 14.1. The van der Waals surface area contributed by atoms with E-state index in [1.807, 2.05) is 0 Å². The van der Waals surface area contributed by atoms with Crippen LogP contribution >= 0.6 is 0 Å². The number of sulfone groups is 1. The average molecular weight is 314 g/mol. The van der Waals surface area contributed by atoms with Crippen molar-refractivity contribution in [3.63, 3.8) is 0 Å². The molecule has 0 aromatic rings. The lowest BCUT2D eigenvalue weighted by Crippen LogP contribution is -2.65. The van der Waals surface area contributed by atoms with Gasteiger partial charge in [0.05, 0.1) is 5.75 Å². The third-order valence-electron chi connectivity index (χ3n) is 5.60. The van der Waals surface area contributed by atoms with E-state index in [9.17, 15) is 8.42 Å². The molecule has 0 aromatic carbocycles. The SMILES string of the molecule is CS(=O)(=O)CCCN1CC2(CCCCC2)NCC1C1CC1. The maximum absolute atomic E-state index is 11.4. The van der Waals surface area contributed by atoms with Gasteiger partial charge < -0.3 is 5.32 Å². The van der Waals surface area contributed by atoms with Gasteiger partial charge >= 0.3 is 0 Å². The predicted molar refractivity (Wildman–Crippen MR) is 86.2 cm³/mol. The van der Waals surface area contributed by atoms with Crippen LogP contribution in [-0.4, -0.2) is 56.5 Å². The number of nitrogens with zero attached hydrogens (tertiary/aromatic N) is 1. The molecule has 1 N–H and O–H groups in total. The molecule has 21 heavy (non-hydrogen) atoms. The molecule has 1 aliphatic heterocycles. The van der Waals surface area contributed by atoms with Crippen molar-refractivity contribution in [2.24, 2.45) is 5.92 Å². The van der Waals surface area contributed by atoms with Crippen LogP contribution in [0.3, 0.4) is 0 Å². The number of nitrogens with one attached hydrogen (secondary N) is 1. The molecule has 1 atom stereocenters. The molecule has 3 aliphatic rings. The summed E-state index contributed by atoms with van der Waals surface area (Å²) in [6.07, 6.45) is 11.5. The Morgan fingerprint density at radius 2 is 1.90 bits per heavy atom. The molecule has 1 unspecified atom stereocenters. The van der Waals surface area contributed by atoms with Gasteiger partial charge in [-0.2, -0.15) is 0 Å². The second-order valence-electron chi connectivity index (χ2n) is 7.58. The van der Waals surface area contributed by atoms with E-state index in [1.165, 1.54) is 51.2 Å². The van der Waals surface area contributed by atoms with Crippen LogP contribution in [0, 0.1) is 5.92 Å². The fourth-order valence-electron chi connectivity index (χ4n) is 4.30. The maximum Gasteiger partial charge on any atom is 0.147 e. The molecule has 5 heteroatoms. The highest BCUT2D eigenvalue weighted by Gasteiger charge is 2.44. The Balaban J connectivity index is 1.60. The van der Waals surface area contributed by atoms with Gasteiger partial charge in [-0.05, 0) is 44.6 Å². The van der Waals surface area contributed by atoms with Gasteiger partial charge in [-0.15, -0.1) is 0 Å². The zero-order valence-electron chi connectivity index (χ0n) is 13.3. The number of rotatable bonds is 5. The minimum atomic E-state index is -2.82. The maximum atomic E-state index is 11.4. The molecule has 4 nitrogen and oxygen atoms in total. The molecule has 3 fully saturated rings. The molecular weight excluding hydrogens is 284 g/mol. The van der Waals surface area contributed by atoms with Gasteiger partial charge in [-0.25, -0.2) is 8.42 Å². The fourth-order valence-corrected chi connectivity index (χ4v) is 4.95. The second-order valence-corrected chi connectivity index (χ2v) is 9.84. The first-order chi connectivity index (χ1) is 9.98. The van der Waals surface area contributed by atoms with Gasteiger partial charge in [0.2, 0.25) is 0 Å². The lowest BCUT2D eigenvalue weighted by atomic mass is 9.79. The summed E-state index contributed by atoms with van der Waals surface area (Å²) in [5.41, 5.74) is 0.328. The molecular formula is C16H30N2O2S. The lowest BCUT2D eigenvalue weighted by molar-refractivity contribution is 0.0468. The molecule has 1 spiro atoms. The van der Waals surface area contributed by atoms with Crippen LogP contribution in [-0.2, 0) is 9.84 Å². The van der Waals surface area contributed by atoms with Gasteiger partial charge in [-0.1, -0.05) is 19.3 Å². The molecule has 0 amide bonds. The topological polar surface area (TPSA) is 49.4 Å². The predicted octanol–water partition coefficient (Wildman–Crippen LogP) is 1.81. The third kappa shape index (κ3) is 4.20. The first-order valence-corrected chi connectivity index (χ1v) is 10.7. The van der Waals surface area contributed by atoms with E-state index in [-0.39, 0.29) is 0 Å². The average Bonchev–Trinajstić information content (AvgIpc) is 3.23. The molecule has 1 saturated heterocycles. The van der Waals surface area contributed by atoms with Crippen molar-refractivity contribution in [2.75, 3.05) is 31.6 Å². The zero-order chi connectivity index (χ0) is 14.9. The van der Waals surface area contributed by atoms with Crippen LogP contribution in [0.15, 0.2) is 0 Å². The Labute approximate surface area is 129 Å². The van der Waals surface area contributed by atoms with Crippen LogP contribution in [0.25, 0.3) is 0 Å². The monoisotopic (exact) mass is 314 g/mol.